The summed E-state index contributed by atoms with van der Waals surface area (Å²) < 4.78 is 20.8. The van der Waals surface area contributed by atoms with Gasteiger partial charge in [-0.05, 0) is 74.9 Å². The van der Waals surface area contributed by atoms with Crippen LogP contribution in [0.4, 0.5) is 5.69 Å². The summed E-state index contributed by atoms with van der Waals surface area (Å²) in [5, 5.41) is 9.62. The molecule has 0 aliphatic carbocycles. The van der Waals surface area contributed by atoms with Crippen LogP contribution < -0.4 is 10.1 Å². The Balaban J connectivity index is 1.61. The average Bonchev–Trinajstić information content (AvgIpc) is 3.31. The van der Waals surface area contributed by atoms with Crippen LogP contribution >= 0.6 is 0 Å². The number of hydrogen-bond acceptors (Lipinski definition) is 6. The van der Waals surface area contributed by atoms with Crippen molar-refractivity contribution in [3.63, 3.8) is 0 Å². The highest BCUT2D eigenvalue weighted by molar-refractivity contribution is 6.74. The molecule has 1 saturated heterocycles. The number of rotatable bonds is 10. The molecule has 0 spiro atoms. The lowest BCUT2D eigenvalue weighted by molar-refractivity contribution is 0.0905. The molecule has 4 rings (SSSR count). The average molecular weight is 580 g/mol. The van der Waals surface area contributed by atoms with Crippen LogP contribution in [0.3, 0.4) is 0 Å². The van der Waals surface area contributed by atoms with Crippen LogP contribution in [0, 0.1) is 11.8 Å². The van der Waals surface area contributed by atoms with Crippen LogP contribution in [0.1, 0.15) is 74.3 Å². The number of fused-ring (bicyclic) bond motifs is 1. The lowest BCUT2D eigenvalue weighted by Gasteiger charge is -2.40. The van der Waals surface area contributed by atoms with Crippen molar-refractivity contribution in [3.05, 3.63) is 42.9 Å². The molecule has 0 bridgehead atoms. The summed E-state index contributed by atoms with van der Waals surface area (Å²) in [5.41, 5.74) is 3.89. The van der Waals surface area contributed by atoms with Crippen molar-refractivity contribution < 1.29 is 13.9 Å². The molecule has 1 aliphatic heterocycles. The van der Waals surface area contributed by atoms with Crippen molar-refractivity contribution in [2.75, 3.05) is 25.1 Å². The van der Waals surface area contributed by atoms with Crippen molar-refractivity contribution >= 4 is 25.0 Å². The van der Waals surface area contributed by atoms with Crippen molar-refractivity contribution in [2.24, 2.45) is 5.41 Å². The van der Waals surface area contributed by atoms with Gasteiger partial charge in [-0.25, -0.2) is 9.67 Å². The topological polar surface area (TPSA) is 70.4 Å². The van der Waals surface area contributed by atoms with Gasteiger partial charge in [-0.3, -0.25) is 0 Å². The first-order valence-corrected chi connectivity index (χ1v) is 18.0. The van der Waals surface area contributed by atoms with Crippen LogP contribution in [0.25, 0.3) is 22.3 Å². The fourth-order valence-corrected chi connectivity index (χ4v) is 6.12. The zero-order valence-corrected chi connectivity index (χ0v) is 27.9. The zero-order valence-electron chi connectivity index (χ0n) is 26.9. The fraction of sp³-hybridized carbons (Fsp3) is 0.606. The summed E-state index contributed by atoms with van der Waals surface area (Å²) in [4.78, 5) is 5.10. The van der Waals surface area contributed by atoms with E-state index in [1.165, 1.54) is 0 Å². The molecule has 2 aromatic heterocycles. The molecule has 1 fully saturated rings. The third-order valence-corrected chi connectivity index (χ3v) is 12.6. The molecule has 0 saturated carbocycles. The molecule has 1 aliphatic rings. The lowest BCUT2D eigenvalue weighted by atomic mass is 9.89. The highest BCUT2D eigenvalue weighted by Crippen LogP contribution is 2.39. The van der Waals surface area contributed by atoms with Gasteiger partial charge in [0.1, 0.15) is 12.4 Å². The van der Waals surface area contributed by atoms with Crippen LogP contribution in [0.2, 0.25) is 18.1 Å². The predicted molar refractivity (Wildman–Crippen MR) is 172 cm³/mol. The van der Waals surface area contributed by atoms with E-state index < -0.39 is 8.32 Å². The molecule has 1 aromatic carbocycles. The standard InChI is InChI=1S/C33H51N4O3Si/c1-23(2)37-31-28(21-34-37)30(35-25-14-16-38-17-15-25)19-29(36-31)24-12-11-13-26(18-24)39-22-27(20-32(3,4)5)40-41(9,10)33(6,7)8/h11-13,18-21,23,25,27H,14-17,22H2,1-10H3,(H,35,36). The van der Waals surface area contributed by atoms with Gasteiger partial charge in [0.25, 0.3) is 0 Å². The van der Waals surface area contributed by atoms with Crippen LogP contribution in [0.5, 0.6) is 5.75 Å². The third kappa shape index (κ3) is 8.11. The van der Waals surface area contributed by atoms with Gasteiger partial charge < -0.3 is 19.2 Å². The minimum atomic E-state index is -1.97. The molecule has 1 N–H and O–H groups in total. The monoisotopic (exact) mass is 579 g/mol. The van der Waals surface area contributed by atoms with Gasteiger partial charge in [-0.2, -0.15) is 5.10 Å². The van der Waals surface area contributed by atoms with Gasteiger partial charge in [0.05, 0.1) is 23.4 Å². The Labute approximate surface area is 248 Å². The lowest BCUT2D eigenvalue weighted by Crippen LogP contribution is -2.46. The summed E-state index contributed by atoms with van der Waals surface area (Å²) in [6, 6.07) is 11.0. The number of anilines is 1. The minimum absolute atomic E-state index is 0.0186. The molecule has 1 atom stereocenters. The van der Waals surface area contributed by atoms with E-state index in [4.69, 9.17) is 18.9 Å². The summed E-state index contributed by atoms with van der Waals surface area (Å²) in [6.07, 6.45) is 6.11. The van der Waals surface area contributed by atoms with Crippen LogP contribution in [-0.4, -0.2) is 55.0 Å². The maximum absolute atomic E-state index is 6.80. The van der Waals surface area contributed by atoms with Crippen molar-refractivity contribution in [1.82, 2.24) is 14.8 Å². The van der Waals surface area contributed by atoms with E-state index in [0.29, 0.717) is 12.6 Å². The summed E-state index contributed by atoms with van der Waals surface area (Å²) >= 11 is 0. The minimum Gasteiger partial charge on any atom is -0.491 e. The first-order chi connectivity index (χ1) is 19.1. The molecule has 225 valence electrons. The van der Waals surface area contributed by atoms with Crippen molar-refractivity contribution in [3.8, 4) is 17.0 Å². The molecule has 1 radical (unpaired) electrons. The maximum atomic E-state index is 6.80. The highest BCUT2D eigenvalue weighted by Gasteiger charge is 2.40. The Morgan fingerprint density at radius 1 is 1.10 bits per heavy atom. The first kappa shape index (κ1) is 31.5. The van der Waals surface area contributed by atoms with Crippen LogP contribution in [0.15, 0.2) is 36.5 Å². The Kier molecular flexibility index (Phi) is 9.56. The summed E-state index contributed by atoms with van der Waals surface area (Å²) in [5.74, 6) is 0.812. The number of pyridine rings is 1. The van der Waals surface area contributed by atoms with E-state index in [9.17, 15) is 0 Å². The van der Waals surface area contributed by atoms with E-state index in [0.717, 1.165) is 59.8 Å². The Morgan fingerprint density at radius 3 is 2.44 bits per heavy atom. The summed E-state index contributed by atoms with van der Waals surface area (Å²) in [6.45, 7) is 24.4. The number of nitrogens with zero attached hydrogens (tertiary/aromatic N) is 3. The second-order valence-corrected chi connectivity index (χ2v) is 19.1. The van der Waals surface area contributed by atoms with Crippen LogP contribution in [-0.2, 0) is 9.16 Å². The molecule has 3 heterocycles. The number of ether oxygens (including phenoxy) is 2. The first-order valence-electron chi connectivity index (χ1n) is 15.1. The molecule has 0 amide bonds. The second kappa shape index (κ2) is 12.4. The quantitative estimate of drug-likeness (QED) is 0.244. The molecule has 1 unspecified atom stereocenters. The number of hydrogen-bond donors (Lipinski definition) is 1. The second-order valence-electron chi connectivity index (χ2n) is 14.3. The largest absolute Gasteiger partial charge is 0.491 e. The van der Waals surface area contributed by atoms with Crippen molar-refractivity contribution in [2.45, 2.75) is 105 Å². The normalized spacial score (nSPS) is 16.4. The number of aromatic nitrogens is 3. The van der Waals surface area contributed by atoms with E-state index in [2.05, 4.69) is 104 Å². The SMILES string of the molecule is CC(C)n1ncc2c(NC3CCOCC3)cc(-c3cccc(OCC([CH]C(C)(C)C)O[Si](C)(C)C(C)(C)C)c3)nc21. The Hall–Kier alpha value is -2.42. The van der Waals surface area contributed by atoms with E-state index in [1.54, 1.807) is 0 Å². The molecule has 8 heteroatoms. The highest BCUT2D eigenvalue weighted by atomic mass is 28.4. The van der Waals surface area contributed by atoms with E-state index in [1.807, 2.05) is 23.0 Å². The Morgan fingerprint density at radius 2 is 1.80 bits per heavy atom. The van der Waals surface area contributed by atoms with Gasteiger partial charge in [-0.15, -0.1) is 0 Å². The predicted octanol–water partition coefficient (Wildman–Crippen LogP) is 8.29. The van der Waals surface area contributed by atoms with E-state index >= 15 is 0 Å². The smallest absolute Gasteiger partial charge is 0.192 e. The molecule has 41 heavy (non-hydrogen) atoms. The number of benzene rings is 1. The summed E-state index contributed by atoms with van der Waals surface area (Å²) in [7, 11) is -1.97. The van der Waals surface area contributed by atoms with Gasteiger partial charge in [0, 0.05) is 36.5 Å². The zero-order chi connectivity index (χ0) is 30.0. The molecular formula is C33H51N4O3Si. The fourth-order valence-electron chi connectivity index (χ4n) is 4.88. The Bertz CT molecular complexity index is 1300. The molecule has 3 aromatic rings. The third-order valence-electron chi connectivity index (χ3n) is 8.12. The maximum Gasteiger partial charge on any atom is 0.192 e. The molecular weight excluding hydrogens is 528 g/mol. The van der Waals surface area contributed by atoms with Crippen molar-refractivity contribution in [1.29, 1.82) is 0 Å². The van der Waals surface area contributed by atoms with Gasteiger partial charge in [0.2, 0.25) is 0 Å². The van der Waals surface area contributed by atoms with Gasteiger partial charge >= 0.3 is 0 Å². The van der Waals surface area contributed by atoms with Gasteiger partial charge in [0.15, 0.2) is 14.0 Å². The molecule has 7 nitrogen and oxygen atoms in total. The number of nitrogens with one attached hydrogen (secondary N) is 1. The van der Waals surface area contributed by atoms with E-state index in [-0.39, 0.29) is 22.6 Å². The van der Waals surface area contributed by atoms with Gasteiger partial charge in [-0.1, -0.05) is 53.7 Å².